The largest absolute Gasteiger partial charge is 0.492 e. The average molecular weight is 335 g/mol. The molecule has 21 heavy (non-hydrogen) atoms. The first-order valence-corrected chi connectivity index (χ1v) is 8.60. The lowest BCUT2D eigenvalue weighted by molar-refractivity contribution is 0.322. The SMILES string of the molecule is C[C@H]1CNCC[C@H]1NS(=O)(=O)CCOc1ccccc1.Cl. The number of hydrogen-bond acceptors (Lipinski definition) is 4. The topological polar surface area (TPSA) is 67.4 Å². The lowest BCUT2D eigenvalue weighted by Crippen LogP contribution is -2.49. The van der Waals surface area contributed by atoms with Gasteiger partial charge in [0.25, 0.3) is 0 Å². The third kappa shape index (κ3) is 6.22. The van der Waals surface area contributed by atoms with Gasteiger partial charge in [0.05, 0.1) is 5.75 Å². The van der Waals surface area contributed by atoms with Crippen LogP contribution >= 0.6 is 12.4 Å². The number of benzene rings is 1. The van der Waals surface area contributed by atoms with Gasteiger partial charge >= 0.3 is 0 Å². The first kappa shape index (κ1) is 18.2. The summed E-state index contributed by atoms with van der Waals surface area (Å²) < 4.78 is 32.3. The predicted molar refractivity (Wildman–Crippen MR) is 86.5 cm³/mol. The summed E-state index contributed by atoms with van der Waals surface area (Å²) in [5.41, 5.74) is 0. The molecule has 5 nitrogen and oxygen atoms in total. The van der Waals surface area contributed by atoms with Crippen LogP contribution in [0.25, 0.3) is 0 Å². The summed E-state index contributed by atoms with van der Waals surface area (Å²) in [5.74, 6) is 0.991. The number of para-hydroxylation sites is 1. The van der Waals surface area contributed by atoms with Gasteiger partial charge in [-0.3, -0.25) is 0 Å². The summed E-state index contributed by atoms with van der Waals surface area (Å²) in [6.45, 7) is 3.93. The van der Waals surface area contributed by atoms with Gasteiger partial charge < -0.3 is 10.1 Å². The van der Waals surface area contributed by atoms with E-state index in [0.717, 1.165) is 19.5 Å². The fourth-order valence-electron chi connectivity index (χ4n) is 2.26. The second-order valence-electron chi connectivity index (χ2n) is 5.17. The molecule has 0 aromatic heterocycles. The molecule has 1 aliphatic heterocycles. The van der Waals surface area contributed by atoms with E-state index in [0.29, 0.717) is 11.7 Å². The zero-order valence-electron chi connectivity index (χ0n) is 12.1. The summed E-state index contributed by atoms with van der Waals surface area (Å²) in [5, 5.41) is 3.26. The molecule has 0 unspecified atom stereocenters. The molecule has 0 spiro atoms. The van der Waals surface area contributed by atoms with E-state index in [1.54, 1.807) is 0 Å². The highest BCUT2D eigenvalue weighted by Gasteiger charge is 2.25. The van der Waals surface area contributed by atoms with E-state index in [1.165, 1.54) is 0 Å². The Kier molecular flexibility index (Phi) is 7.45. The molecule has 1 aromatic carbocycles. The molecule has 0 bridgehead atoms. The second kappa shape index (κ2) is 8.58. The monoisotopic (exact) mass is 334 g/mol. The third-order valence-electron chi connectivity index (χ3n) is 3.48. The Labute approximate surface area is 132 Å². The van der Waals surface area contributed by atoms with Gasteiger partial charge in [-0.25, -0.2) is 13.1 Å². The van der Waals surface area contributed by atoms with E-state index in [-0.39, 0.29) is 30.8 Å². The van der Waals surface area contributed by atoms with Gasteiger partial charge in [0.15, 0.2) is 0 Å². The van der Waals surface area contributed by atoms with Crippen LogP contribution in [0.4, 0.5) is 0 Å². The lowest BCUT2D eigenvalue weighted by atomic mass is 9.97. The van der Waals surface area contributed by atoms with Crippen LogP contribution in [-0.2, 0) is 10.0 Å². The van der Waals surface area contributed by atoms with Gasteiger partial charge in [-0.15, -0.1) is 12.4 Å². The number of rotatable bonds is 6. The van der Waals surface area contributed by atoms with E-state index in [9.17, 15) is 8.42 Å². The third-order valence-corrected chi connectivity index (χ3v) is 4.85. The summed E-state index contributed by atoms with van der Waals surface area (Å²) in [4.78, 5) is 0. The molecule has 7 heteroatoms. The lowest BCUT2D eigenvalue weighted by Gasteiger charge is -2.29. The molecule has 120 valence electrons. The molecule has 0 aliphatic carbocycles. The van der Waals surface area contributed by atoms with Crippen molar-refractivity contribution in [2.45, 2.75) is 19.4 Å². The molecule has 1 saturated heterocycles. The van der Waals surface area contributed by atoms with Gasteiger partial charge in [-0.1, -0.05) is 25.1 Å². The van der Waals surface area contributed by atoms with Crippen molar-refractivity contribution >= 4 is 22.4 Å². The van der Waals surface area contributed by atoms with E-state index in [2.05, 4.69) is 17.0 Å². The molecule has 1 aliphatic rings. The summed E-state index contributed by atoms with van der Waals surface area (Å²) in [6, 6.07) is 9.27. The summed E-state index contributed by atoms with van der Waals surface area (Å²) >= 11 is 0. The second-order valence-corrected chi connectivity index (χ2v) is 7.05. The van der Waals surface area contributed by atoms with E-state index in [4.69, 9.17) is 4.74 Å². The number of nitrogens with one attached hydrogen (secondary N) is 2. The molecule has 1 fully saturated rings. The minimum Gasteiger partial charge on any atom is -0.492 e. The van der Waals surface area contributed by atoms with Crippen LogP contribution in [0.15, 0.2) is 30.3 Å². The van der Waals surface area contributed by atoms with Crippen molar-refractivity contribution in [3.8, 4) is 5.75 Å². The number of ether oxygens (including phenoxy) is 1. The molecule has 1 aromatic rings. The van der Waals surface area contributed by atoms with Crippen LogP contribution in [0.1, 0.15) is 13.3 Å². The molecule has 2 N–H and O–H groups in total. The maximum absolute atomic E-state index is 12.0. The van der Waals surface area contributed by atoms with Gasteiger partial charge in [-0.05, 0) is 37.6 Å². The van der Waals surface area contributed by atoms with E-state index < -0.39 is 10.0 Å². The molecular formula is C14H23ClN2O3S. The zero-order valence-corrected chi connectivity index (χ0v) is 13.8. The van der Waals surface area contributed by atoms with Crippen LogP contribution < -0.4 is 14.8 Å². The van der Waals surface area contributed by atoms with E-state index >= 15 is 0 Å². The van der Waals surface area contributed by atoms with E-state index in [1.807, 2.05) is 30.3 Å². The van der Waals surface area contributed by atoms with Gasteiger partial charge in [-0.2, -0.15) is 0 Å². The quantitative estimate of drug-likeness (QED) is 0.825. The number of hydrogen-bond donors (Lipinski definition) is 2. The Bertz CT molecular complexity index is 510. The highest BCUT2D eigenvalue weighted by molar-refractivity contribution is 7.89. The van der Waals surface area contributed by atoms with Crippen molar-refractivity contribution in [2.24, 2.45) is 5.92 Å². The van der Waals surface area contributed by atoms with Crippen LogP contribution in [0, 0.1) is 5.92 Å². The molecule has 2 atom stereocenters. The van der Waals surface area contributed by atoms with Gasteiger partial charge in [0, 0.05) is 6.04 Å². The van der Waals surface area contributed by atoms with Crippen molar-refractivity contribution < 1.29 is 13.2 Å². The molecular weight excluding hydrogens is 312 g/mol. The van der Waals surface area contributed by atoms with Crippen LogP contribution in [0.3, 0.4) is 0 Å². The maximum Gasteiger partial charge on any atom is 0.215 e. The molecule has 2 rings (SSSR count). The Morgan fingerprint density at radius 2 is 2.05 bits per heavy atom. The maximum atomic E-state index is 12.0. The van der Waals surface area contributed by atoms with Crippen LogP contribution in [-0.4, -0.2) is 39.9 Å². The minimum atomic E-state index is -3.29. The Morgan fingerprint density at radius 1 is 1.33 bits per heavy atom. The molecule has 0 saturated carbocycles. The van der Waals surface area contributed by atoms with Gasteiger partial charge in [0.2, 0.25) is 10.0 Å². The highest BCUT2D eigenvalue weighted by atomic mass is 35.5. The van der Waals surface area contributed by atoms with Gasteiger partial charge in [0.1, 0.15) is 12.4 Å². The fourth-order valence-corrected chi connectivity index (χ4v) is 3.50. The van der Waals surface area contributed by atoms with Crippen LogP contribution in [0.2, 0.25) is 0 Å². The molecule has 1 heterocycles. The first-order valence-electron chi connectivity index (χ1n) is 6.95. The number of sulfonamides is 1. The molecule has 0 amide bonds. The van der Waals surface area contributed by atoms with Crippen molar-refractivity contribution in [2.75, 3.05) is 25.4 Å². The Balaban J connectivity index is 0.00000220. The predicted octanol–water partition coefficient (Wildman–Crippen LogP) is 1.40. The minimum absolute atomic E-state index is 0. The van der Waals surface area contributed by atoms with Crippen molar-refractivity contribution in [3.63, 3.8) is 0 Å². The van der Waals surface area contributed by atoms with Crippen molar-refractivity contribution in [3.05, 3.63) is 30.3 Å². The summed E-state index contributed by atoms with van der Waals surface area (Å²) in [7, 11) is -3.29. The highest BCUT2D eigenvalue weighted by Crippen LogP contribution is 2.12. The first-order chi connectivity index (χ1) is 9.57. The smallest absolute Gasteiger partial charge is 0.215 e. The number of piperidine rings is 1. The van der Waals surface area contributed by atoms with Crippen molar-refractivity contribution in [1.29, 1.82) is 0 Å². The molecule has 0 radical (unpaired) electrons. The Morgan fingerprint density at radius 3 is 2.71 bits per heavy atom. The Hall–Kier alpha value is -0.820. The van der Waals surface area contributed by atoms with Crippen molar-refractivity contribution in [1.82, 2.24) is 10.0 Å². The fraction of sp³-hybridized carbons (Fsp3) is 0.571. The summed E-state index contributed by atoms with van der Waals surface area (Å²) in [6.07, 6.45) is 0.833. The standard InChI is InChI=1S/C14H22N2O3S.ClH/c1-12-11-15-8-7-14(12)16-20(17,18)10-9-19-13-5-3-2-4-6-13;/h2-6,12,14-16H,7-11H2,1H3;1H/t12-,14+;/m0./s1. The number of halogens is 1. The van der Waals surface area contributed by atoms with Crippen LogP contribution in [0.5, 0.6) is 5.75 Å². The normalized spacial score (nSPS) is 22.3. The average Bonchev–Trinajstić information content (AvgIpc) is 2.42. The zero-order chi connectivity index (χ0) is 14.4.